The van der Waals surface area contributed by atoms with Gasteiger partial charge < -0.3 is 4.98 Å². The summed E-state index contributed by atoms with van der Waals surface area (Å²) in [6, 6.07) is 9.92. The van der Waals surface area contributed by atoms with Crippen molar-refractivity contribution in [3.05, 3.63) is 61.5 Å². The number of nitrogens with one attached hydrogen (secondary N) is 2. The minimum Gasteiger partial charge on any atom is -0.322 e. The van der Waals surface area contributed by atoms with Gasteiger partial charge >= 0.3 is 0 Å². The van der Waals surface area contributed by atoms with E-state index in [9.17, 15) is 9.59 Å². The molecule has 0 spiro atoms. The smallest absolute Gasteiger partial charge is 0.282 e. The van der Waals surface area contributed by atoms with E-state index in [2.05, 4.69) is 10.4 Å². The molecule has 0 aliphatic heterocycles. The Morgan fingerprint density at radius 1 is 1.32 bits per heavy atom. The maximum absolute atomic E-state index is 12.7. The van der Waals surface area contributed by atoms with Crippen LogP contribution >= 0.6 is 35.3 Å². The first-order valence-corrected chi connectivity index (χ1v) is 10.0. The maximum atomic E-state index is 12.7. The number of hydrogen-bond acceptors (Lipinski definition) is 5. The molecular formula is C17H17N3O2S3. The van der Waals surface area contributed by atoms with E-state index in [1.807, 2.05) is 44.2 Å². The monoisotopic (exact) mass is 391 g/mol. The summed E-state index contributed by atoms with van der Waals surface area (Å²) in [5, 5.41) is 0.577. The summed E-state index contributed by atoms with van der Waals surface area (Å²) >= 11 is 8.20. The number of aryl methyl sites for hydroxylation is 2. The Bertz CT molecular complexity index is 1030. The fourth-order valence-electron chi connectivity index (χ4n) is 2.42. The fourth-order valence-corrected chi connectivity index (χ4v) is 4.55. The van der Waals surface area contributed by atoms with E-state index in [0.717, 1.165) is 31.3 Å². The molecule has 0 fully saturated rings. The molecule has 0 saturated heterocycles. The van der Waals surface area contributed by atoms with Crippen molar-refractivity contribution in [1.82, 2.24) is 9.66 Å². The van der Waals surface area contributed by atoms with Crippen molar-refractivity contribution in [2.24, 2.45) is 0 Å². The molecule has 0 atom stereocenters. The Labute approximate surface area is 158 Å². The first kappa shape index (κ1) is 17.9. The predicted molar refractivity (Wildman–Crippen MR) is 108 cm³/mol. The van der Waals surface area contributed by atoms with Crippen molar-refractivity contribution in [2.75, 3.05) is 11.2 Å². The van der Waals surface area contributed by atoms with Crippen molar-refractivity contribution >= 4 is 51.4 Å². The Morgan fingerprint density at radius 2 is 2.04 bits per heavy atom. The molecule has 0 saturated carbocycles. The molecule has 130 valence electrons. The van der Waals surface area contributed by atoms with Crippen molar-refractivity contribution in [3.8, 4) is 0 Å². The van der Waals surface area contributed by atoms with Gasteiger partial charge in [0.15, 0.2) is 0 Å². The number of amides is 1. The molecule has 3 aromatic rings. The van der Waals surface area contributed by atoms with Crippen molar-refractivity contribution in [3.63, 3.8) is 0 Å². The molecule has 2 N–H and O–H groups in total. The van der Waals surface area contributed by atoms with Crippen LogP contribution in [0.25, 0.3) is 10.2 Å². The zero-order chi connectivity index (χ0) is 18.0. The van der Waals surface area contributed by atoms with Crippen LogP contribution in [-0.4, -0.2) is 21.3 Å². The number of aromatic amines is 1. The number of rotatable bonds is 5. The number of fused-ring (bicyclic) bond motifs is 1. The molecular weight excluding hydrogens is 374 g/mol. The minimum atomic E-state index is -0.290. The highest BCUT2D eigenvalue weighted by Crippen LogP contribution is 2.25. The third kappa shape index (κ3) is 3.86. The highest BCUT2D eigenvalue weighted by Gasteiger charge is 2.14. The third-order valence-corrected chi connectivity index (χ3v) is 6.22. The number of carbonyl (C=O) groups is 1. The molecule has 1 aromatic carbocycles. The quantitative estimate of drug-likeness (QED) is 0.650. The Morgan fingerprint density at radius 3 is 2.76 bits per heavy atom. The second-order valence-corrected chi connectivity index (χ2v) is 8.17. The summed E-state index contributed by atoms with van der Waals surface area (Å²) in [5.41, 5.74) is 4.39. The van der Waals surface area contributed by atoms with Crippen LogP contribution in [0.15, 0.2) is 35.1 Å². The van der Waals surface area contributed by atoms with Gasteiger partial charge in [0.25, 0.3) is 5.56 Å². The summed E-state index contributed by atoms with van der Waals surface area (Å²) < 4.78 is 1.32. The molecule has 0 aliphatic carbocycles. The Hall–Kier alpha value is -1.90. The molecule has 0 unspecified atom stereocenters. The van der Waals surface area contributed by atoms with Crippen LogP contribution < -0.4 is 11.0 Å². The molecule has 0 bridgehead atoms. The second-order valence-electron chi connectivity index (χ2n) is 5.57. The Kier molecular flexibility index (Phi) is 5.41. The highest BCUT2D eigenvalue weighted by molar-refractivity contribution is 7.99. The number of thiophene rings is 1. The van der Waals surface area contributed by atoms with Crippen LogP contribution in [0.4, 0.5) is 0 Å². The molecule has 0 radical (unpaired) electrons. The zero-order valence-electron chi connectivity index (χ0n) is 13.8. The minimum absolute atomic E-state index is 0.195. The van der Waals surface area contributed by atoms with E-state index in [1.54, 1.807) is 0 Å². The van der Waals surface area contributed by atoms with Crippen molar-refractivity contribution < 1.29 is 4.79 Å². The number of thioether (sulfide) groups is 1. The fraction of sp³-hybridized carbons (Fsp3) is 0.235. The lowest BCUT2D eigenvalue weighted by Crippen LogP contribution is -2.35. The average Bonchev–Trinajstić information content (AvgIpc) is 2.86. The summed E-state index contributed by atoms with van der Waals surface area (Å²) in [6.45, 7) is 3.85. The van der Waals surface area contributed by atoms with E-state index in [0.29, 0.717) is 5.39 Å². The highest BCUT2D eigenvalue weighted by atomic mass is 32.2. The number of aromatic nitrogens is 2. The molecule has 25 heavy (non-hydrogen) atoms. The molecule has 2 aromatic heterocycles. The van der Waals surface area contributed by atoms with Crippen LogP contribution in [-0.2, 0) is 10.5 Å². The summed E-state index contributed by atoms with van der Waals surface area (Å²) in [5.74, 6) is 0.722. The molecule has 0 aliphatic rings. The number of hydrogen-bond donors (Lipinski definition) is 2. The topological polar surface area (TPSA) is 66.9 Å². The largest absolute Gasteiger partial charge is 0.322 e. The Balaban J connectivity index is 1.74. The van der Waals surface area contributed by atoms with E-state index in [4.69, 9.17) is 12.2 Å². The number of carbonyl (C=O) groups excluding carboxylic acids is 1. The predicted octanol–water partition coefficient (Wildman–Crippen LogP) is 3.74. The lowest BCUT2D eigenvalue weighted by atomic mass is 10.2. The molecule has 1 amide bonds. The van der Waals surface area contributed by atoms with Gasteiger partial charge in [-0.1, -0.05) is 30.3 Å². The normalized spacial score (nSPS) is 11.0. The van der Waals surface area contributed by atoms with Gasteiger partial charge in [0.1, 0.15) is 4.83 Å². The van der Waals surface area contributed by atoms with Gasteiger partial charge in [-0.25, -0.2) is 0 Å². The first-order chi connectivity index (χ1) is 12.0. The van der Waals surface area contributed by atoms with Gasteiger partial charge in [-0.2, -0.15) is 4.68 Å². The number of H-pyrrole nitrogens is 1. The van der Waals surface area contributed by atoms with E-state index in [-0.39, 0.29) is 22.0 Å². The summed E-state index contributed by atoms with van der Waals surface area (Å²) in [7, 11) is 0. The number of nitrogens with zero attached hydrogens (tertiary/aromatic N) is 1. The van der Waals surface area contributed by atoms with Crippen LogP contribution in [0, 0.1) is 18.6 Å². The van der Waals surface area contributed by atoms with Crippen LogP contribution in [0.2, 0.25) is 0 Å². The van der Waals surface area contributed by atoms with Gasteiger partial charge in [-0.15, -0.1) is 23.1 Å². The molecule has 8 heteroatoms. The van der Waals surface area contributed by atoms with Crippen LogP contribution in [0.5, 0.6) is 0 Å². The van der Waals surface area contributed by atoms with Crippen LogP contribution in [0.3, 0.4) is 0 Å². The zero-order valence-corrected chi connectivity index (χ0v) is 16.2. The maximum Gasteiger partial charge on any atom is 0.282 e. The number of benzene rings is 1. The van der Waals surface area contributed by atoms with E-state index in [1.165, 1.54) is 23.1 Å². The molecule has 3 rings (SSSR count). The summed E-state index contributed by atoms with van der Waals surface area (Å²) in [4.78, 5) is 29.7. The lowest BCUT2D eigenvalue weighted by molar-refractivity contribution is -0.114. The molecule has 2 heterocycles. The van der Waals surface area contributed by atoms with Crippen molar-refractivity contribution in [2.45, 2.75) is 19.6 Å². The van der Waals surface area contributed by atoms with Gasteiger partial charge in [-0.3, -0.25) is 15.0 Å². The third-order valence-electron chi connectivity index (χ3n) is 3.81. The van der Waals surface area contributed by atoms with Crippen molar-refractivity contribution in [1.29, 1.82) is 0 Å². The van der Waals surface area contributed by atoms with Gasteiger partial charge in [0, 0.05) is 10.6 Å². The lowest BCUT2D eigenvalue weighted by Gasteiger charge is -2.08. The SMILES string of the molecule is Cc1sc2[nH]c(=S)n(NC(=O)CSCc3ccccc3)c(=O)c2c1C. The standard InChI is InChI=1S/C17H17N3O2S3/c1-10-11(2)25-15-14(10)16(22)20(17(23)18-15)19-13(21)9-24-8-12-6-4-3-5-7-12/h3-7H,8-9H2,1-2H3,(H,18,23)(H,19,21). The molecule has 5 nitrogen and oxygen atoms in total. The van der Waals surface area contributed by atoms with Gasteiger partial charge in [-0.05, 0) is 37.2 Å². The van der Waals surface area contributed by atoms with Gasteiger partial charge in [0.2, 0.25) is 10.7 Å². The average molecular weight is 392 g/mol. The summed E-state index contributed by atoms with van der Waals surface area (Å²) in [6.07, 6.45) is 0. The van der Waals surface area contributed by atoms with E-state index >= 15 is 0 Å². The first-order valence-electron chi connectivity index (χ1n) is 7.64. The van der Waals surface area contributed by atoms with E-state index < -0.39 is 0 Å². The second kappa shape index (κ2) is 7.55. The van der Waals surface area contributed by atoms with Crippen LogP contribution in [0.1, 0.15) is 16.0 Å². The van der Waals surface area contributed by atoms with Gasteiger partial charge in [0.05, 0.1) is 11.1 Å².